The van der Waals surface area contributed by atoms with E-state index < -0.39 is 5.97 Å². The lowest BCUT2D eigenvalue weighted by Crippen LogP contribution is -2.05. The number of aromatic nitrogens is 3. The summed E-state index contributed by atoms with van der Waals surface area (Å²) >= 11 is 7.72. The van der Waals surface area contributed by atoms with Gasteiger partial charge in [0.25, 0.3) is 0 Å². The average molecular weight is 430 g/mol. The number of pyridine rings is 1. The van der Waals surface area contributed by atoms with E-state index in [-0.39, 0.29) is 6.61 Å². The molecule has 9 heteroatoms. The summed E-state index contributed by atoms with van der Waals surface area (Å²) in [4.78, 5) is 16.3. The zero-order valence-electron chi connectivity index (χ0n) is 15.6. The highest BCUT2D eigenvalue weighted by atomic mass is 35.5. The van der Waals surface area contributed by atoms with Gasteiger partial charge in [0.1, 0.15) is 17.5 Å². The van der Waals surface area contributed by atoms with Crippen molar-refractivity contribution in [1.29, 1.82) is 0 Å². The number of rotatable bonds is 6. The van der Waals surface area contributed by atoms with Crippen LogP contribution in [0.1, 0.15) is 28.7 Å². The van der Waals surface area contributed by atoms with Crippen LogP contribution in [-0.2, 0) is 11.3 Å². The van der Waals surface area contributed by atoms with Gasteiger partial charge in [-0.2, -0.15) is 0 Å². The Bertz CT molecular complexity index is 1190. The first kappa shape index (κ1) is 19.4. The van der Waals surface area contributed by atoms with Gasteiger partial charge in [0.05, 0.1) is 16.9 Å². The maximum Gasteiger partial charge on any atom is 0.341 e. The molecule has 0 aliphatic heterocycles. The number of hydrogen-bond acceptors (Lipinski definition) is 8. The van der Waals surface area contributed by atoms with Crippen molar-refractivity contribution in [3.05, 3.63) is 58.0 Å². The van der Waals surface area contributed by atoms with E-state index in [1.807, 2.05) is 29.6 Å². The van der Waals surface area contributed by atoms with Crippen LogP contribution in [0.15, 0.2) is 40.3 Å². The minimum atomic E-state index is -0.418. The van der Waals surface area contributed by atoms with Crippen LogP contribution in [0.4, 0.5) is 0 Å². The van der Waals surface area contributed by atoms with Crippen LogP contribution in [0.25, 0.3) is 21.5 Å². The fraction of sp³-hybridized carbons (Fsp3) is 0.200. The minimum absolute atomic E-state index is 0.264. The zero-order chi connectivity index (χ0) is 20.4. The Kier molecular flexibility index (Phi) is 5.46. The standard InChI is InChI=1S/C20H16ClN3O4S/c1-3-26-20(25)15-8-22-18(21)16-13(10-29-17(15)16)9-27-14-6-4-5-12(7-14)19-24-23-11(2)28-19/h4-8,10H,3,9H2,1-2H3. The Labute approximate surface area is 175 Å². The second-order valence-electron chi connectivity index (χ2n) is 6.09. The molecule has 0 bridgehead atoms. The summed E-state index contributed by atoms with van der Waals surface area (Å²) in [5, 5.41) is 10.8. The van der Waals surface area contributed by atoms with E-state index in [0.29, 0.717) is 40.2 Å². The largest absolute Gasteiger partial charge is 0.489 e. The first-order valence-corrected chi connectivity index (χ1v) is 10.1. The molecule has 0 saturated carbocycles. The van der Waals surface area contributed by atoms with E-state index in [9.17, 15) is 4.79 Å². The topological polar surface area (TPSA) is 87.3 Å². The van der Waals surface area contributed by atoms with E-state index in [0.717, 1.165) is 15.8 Å². The Balaban J connectivity index is 1.59. The molecule has 3 heterocycles. The molecular formula is C20H16ClN3O4S. The fourth-order valence-electron chi connectivity index (χ4n) is 2.82. The van der Waals surface area contributed by atoms with Crippen LogP contribution in [0, 0.1) is 6.92 Å². The van der Waals surface area contributed by atoms with Crippen molar-refractivity contribution >= 4 is 39.0 Å². The second kappa shape index (κ2) is 8.18. The van der Waals surface area contributed by atoms with Gasteiger partial charge in [-0.15, -0.1) is 21.5 Å². The number of carbonyl (C=O) groups excluding carboxylic acids is 1. The molecule has 0 N–H and O–H groups in total. The number of aryl methyl sites for hydroxylation is 1. The predicted octanol–water partition coefficient (Wildman–Crippen LogP) is 5.06. The van der Waals surface area contributed by atoms with Gasteiger partial charge < -0.3 is 13.9 Å². The van der Waals surface area contributed by atoms with Crippen molar-refractivity contribution in [1.82, 2.24) is 15.2 Å². The molecule has 0 saturated heterocycles. The summed E-state index contributed by atoms with van der Waals surface area (Å²) in [5.74, 6) is 1.15. The molecule has 0 radical (unpaired) electrons. The van der Waals surface area contributed by atoms with Crippen molar-refractivity contribution in [2.45, 2.75) is 20.5 Å². The molecule has 0 aliphatic rings. The summed E-state index contributed by atoms with van der Waals surface area (Å²) in [6, 6.07) is 7.38. The van der Waals surface area contributed by atoms with E-state index in [1.54, 1.807) is 13.8 Å². The lowest BCUT2D eigenvalue weighted by Gasteiger charge is -2.08. The third-order valence-corrected chi connectivity index (χ3v) is 5.47. The number of ether oxygens (including phenoxy) is 2. The zero-order valence-corrected chi connectivity index (χ0v) is 17.2. The van der Waals surface area contributed by atoms with Crippen molar-refractivity contribution in [3.8, 4) is 17.2 Å². The highest BCUT2D eigenvalue weighted by molar-refractivity contribution is 7.17. The maximum absolute atomic E-state index is 12.2. The molecule has 0 unspecified atom stereocenters. The molecule has 0 amide bonds. The van der Waals surface area contributed by atoms with Gasteiger partial charge in [0, 0.05) is 29.6 Å². The summed E-state index contributed by atoms with van der Waals surface area (Å²) < 4.78 is 17.2. The molecule has 4 rings (SSSR count). The van der Waals surface area contributed by atoms with Gasteiger partial charge in [0.15, 0.2) is 0 Å². The summed E-state index contributed by atoms with van der Waals surface area (Å²) in [6.45, 7) is 4.05. The molecule has 29 heavy (non-hydrogen) atoms. The van der Waals surface area contributed by atoms with E-state index >= 15 is 0 Å². The Morgan fingerprint density at radius 1 is 1.31 bits per heavy atom. The monoisotopic (exact) mass is 429 g/mol. The summed E-state index contributed by atoms with van der Waals surface area (Å²) in [5.41, 5.74) is 2.01. The van der Waals surface area contributed by atoms with Gasteiger partial charge in [-0.05, 0) is 30.5 Å². The van der Waals surface area contributed by atoms with Crippen LogP contribution in [0.3, 0.4) is 0 Å². The van der Waals surface area contributed by atoms with Crippen LogP contribution >= 0.6 is 22.9 Å². The SMILES string of the molecule is CCOC(=O)c1cnc(Cl)c2c(COc3cccc(-c4nnc(C)o4)c3)csc12. The Morgan fingerprint density at radius 3 is 2.93 bits per heavy atom. The maximum atomic E-state index is 12.2. The molecular weight excluding hydrogens is 414 g/mol. The number of thiophene rings is 1. The smallest absolute Gasteiger partial charge is 0.341 e. The van der Waals surface area contributed by atoms with Gasteiger partial charge in [0.2, 0.25) is 11.8 Å². The molecule has 0 fully saturated rings. The number of fused-ring (bicyclic) bond motifs is 1. The Morgan fingerprint density at radius 2 is 2.17 bits per heavy atom. The number of hydrogen-bond donors (Lipinski definition) is 0. The number of benzene rings is 1. The lowest BCUT2D eigenvalue weighted by molar-refractivity contribution is 0.0528. The molecule has 3 aromatic heterocycles. The minimum Gasteiger partial charge on any atom is -0.489 e. The molecule has 0 aliphatic carbocycles. The van der Waals surface area contributed by atoms with Crippen molar-refractivity contribution in [2.75, 3.05) is 6.61 Å². The van der Waals surface area contributed by atoms with Gasteiger partial charge in [-0.1, -0.05) is 17.7 Å². The molecule has 148 valence electrons. The van der Waals surface area contributed by atoms with E-state index in [2.05, 4.69) is 15.2 Å². The van der Waals surface area contributed by atoms with E-state index in [4.69, 9.17) is 25.5 Å². The third kappa shape index (κ3) is 3.94. The first-order valence-electron chi connectivity index (χ1n) is 8.82. The lowest BCUT2D eigenvalue weighted by atomic mass is 10.1. The van der Waals surface area contributed by atoms with Crippen molar-refractivity contribution < 1.29 is 18.7 Å². The summed E-state index contributed by atoms with van der Waals surface area (Å²) in [6.07, 6.45) is 1.44. The van der Waals surface area contributed by atoms with Crippen molar-refractivity contribution in [3.63, 3.8) is 0 Å². The number of esters is 1. The van der Waals surface area contributed by atoms with Crippen LogP contribution in [0.2, 0.25) is 5.15 Å². The second-order valence-corrected chi connectivity index (χ2v) is 7.33. The average Bonchev–Trinajstić information content (AvgIpc) is 3.34. The fourth-order valence-corrected chi connectivity index (χ4v) is 4.19. The normalized spacial score (nSPS) is 11.0. The first-order chi connectivity index (χ1) is 14.1. The van der Waals surface area contributed by atoms with Gasteiger partial charge >= 0.3 is 5.97 Å². The molecule has 0 atom stereocenters. The van der Waals surface area contributed by atoms with Gasteiger partial charge in [-0.25, -0.2) is 9.78 Å². The molecule has 7 nitrogen and oxygen atoms in total. The summed E-state index contributed by atoms with van der Waals surface area (Å²) in [7, 11) is 0. The highest BCUT2D eigenvalue weighted by Crippen LogP contribution is 2.34. The predicted molar refractivity (Wildman–Crippen MR) is 109 cm³/mol. The number of halogens is 1. The van der Waals surface area contributed by atoms with Crippen LogP contribution in [0.5, 0.6) is 5.75 Å². The quantitative estimate of drug-likeness (QED) is 0.312. The molecule has 0 spiro atoms. The number of carbonyl (C=O) groups is 1. The van der Waals surface area contributed by atoms with Crippen molar-refractivity contribution in [2.24, 2.45) is 0 Å². The number of nitrogens with zero attached hydrogens (tertiary/aromatic N) is 3. The third-order valence-electron chi connectivity index (χ3n) is 4.12. The van der Waals surface area contributed by atoms with Gasteiger partial charge in [-0.3, -0.25) is 0 Å². The van der Waals surface area contributed by atoms with Crippen LogP contribution < -0.4 is 4.74 Å². The Hall–Kier alpha value is -2.97. The molecule has 4 aromatic rings. The highest BCUT2D eigenvalue weighted by Gasteiger charge is 2.19. The van der Waals surface area contributed by atoms with E-state index in [1.165, 1.54) is 17.5 Å². The molecule has 1 aromatic carbocycles. The van der Waals surface area contributed by atoms with Crippen LogP contribution in [-0.4, -0.2) is 27.8 Å².